The number of carbonyl (C=O) groups is 6. The van der Waals surface area contributed by atoms with Gasteiger partial charge in [0, 0.05) is 13.1 Å². The fraction of sp³-hybridized carbons (Fsp3) is 0.676. The summed E-state index contributed by atoms with van der Waals surface area (Å²) in [6.45, 7) is 12.3. The highest BCUT2D eigenvalue weighted by atomic mass is 16.5. The Hall–Kier alpha value is -4.16. The zero-order chi connectivity index (χ0) is 36.5. The maximum absolute atomic E-state index is 14.7. The van der Waals surface area contributed by atoms with Gasteiger partial charge in [-0.25, -0.2) is 9.59 Å². The number of ketones is 1. The molecule has 1 saturated heterocycles. The number of likely N-dealkylation sites (tertiary alicyclic amines) is 1. The monoisotopic (exact) mass is 694 g/mol. The number of urea groups is 1. The quantitative estimate of drug-likeness (QED) is 0.196. The van der Waals surface area contributed by atoms with Crippen LogP contribution in [0, 0.1) is 34.5 Å². The van der Waals surface area contributed by atoms with Crippen LogP contribution >= 0.6 is 0 Å². The Kier molecular flexibility index (Phi) is 10.8. The van der Waals surface area contributed by atoms with Gasteiger partial charge in [0.1, 0.15) is 18.7 Å². The van der Waals surface area contributed by atoms with Crippen LogP contribution in [0.25, 0.3) is 0 Å². The lowest BCUT2D eigenvalue weighted by Gasteiger charge is -2.36. The summed E-state index contributed by atoms with van der Waals surface area (Å²) in [5.74, 6) is -2.93. The minimum atomic E-state index is -1.10. The lowest BCUT2D eigenvalue weighted by atomic mass is 9.80. The van der Waals surface area contributed by atoms with E-state index in [-0.39, 0.29) is 41.6 Å². The highest BCUT2D eigenvalue weighted by Crippen LogP contribution is 2.65. The van der Waals surface area contributed by atoms with Crippen LogP contribution in [0.1, 0.15) is 78.4 Å². The standard InChI is InChI=1S/C37H54N6O7/c1-7-39-35(49)50-19-26(36(2,3)4)41-34(48)42-28(23-16-21-13-8-9-14-22(21)17-23)33(47)43-18-24-27(37(24,5)6)29(43)32(46)40-25(30(44)31(38)45)15-20-11-10-12-20/h8-9,13-14,20,23-29H,7,10-12,15-19H2,1-6H3,(H2,38,45)(H,39,49)(H,40,46)(H2,41,42,48)/t24-,25?,26+,27-,28-,29?/m0/s1. The summed E-state index contributed by atoms with van der Waals surface area (Å²) in [4.78, 5) is 81.0. The van der Waals surface area contributed by atoms with Crippen molar-refractivity contribution in [2.45, 2.75) is 104 Å². The molecule has 1 aromatic carbocycles. The Balaban J connectivity index is 1.38. The number of hydrogen-bond donors (Lipinski definition) is 5. The lowest BCUT2D eigenvalue weighted by molar-refractivity contribution is -0.144. The first kappa shape index (κ1) is 37.1. The first-order valence-corrected chi connectivity index (χ1v) is 18.0. The molecule has 3 fully saturated rings. The maximum Gasteiger partial charge on any atom is 0.407 e. The average molecular weight is 695 g/mol. The van der Waals surface area contributed by atoms with Crippen LogP contribution in [0.3, 0.4) is 0 Å². The fourth-order valence-corrected chi connectivity index (χ4v) is 8.13. The molecule has 6 N–H and O–H groups in total. The highest BCUT2D eigenvalue weighted by Gasteiger charge is 2.70. The van der Waals surface area contributed by atoms with Crippen molar-refractivity contribution in [1.29, 1.82) is 0 Å². The molecule has 0 spiro atoms. The number of Topliss-reactive ketones (excluding diaryl/α,β-unsaturated/α-hetero) is 1. The third kappa shape index (κ3) is 7.91. The smallest absolute Gasteiger partial charge is 0.407 e. The molecule has 13 heteroatoms. The van der Waals surface area contributed by atoms with Crippen molar-refractivity contribution in [3.63, 3.8) is 0 Å². The van der Waals surface area contributed by atoms with E-state index in [0.29, 0.717) is 32.4 Å². The van der Waals surface area contributed by atoms with E-state index in [1.165, 1.54) is 0 Å². The molecule has 50 heavy (non-hydrogen) atoms. The molecule has 0 bridgehead atoms. The number of nitrogens with zero attached hydrogens (tertiary/aromatic N) is 1. The minimum absolute atomic E-state index is 0.0612. The highest BCUT2D eigenvalue weighted by molar-refractivity contribution is 6.37. The van der Waals surface area contributed by atoms with Gasteiger partial charge in [-0.2, -0.15) is 0 Å². The molecule has 0 radical (unpaired) electrons. The van der Waals surface area contributed by atoms with E-state index in [0.717, 1.165) is 30.4 Å². The van der Waals surface area contributed by atoms with Gasteiger partial charge in [-0.1, -0.05) is 78.1 Å². The van der Waals surface area contributed by atoms with E-state index in [2.05, 4.69) is 35.1 Å². The molecule has 2 unspecified atom stereocenters. The molecule has 1 aliphatic heterocycles. The van der Waals surface area contributed by atoms with Crippen molar-refractivity contribution < 1.29 is 33.5 Å². The predicted octanol–water partition coefficient (Wildman–Crippen LogP) is 2.44. The molecule has 5 rings (SSSR count). The van der Waals surface area contributed by atoms with Crippen LogP contribution in [0.4, 0.5) is 9.59 Å². The van der Waals surface area contributed by atoms with E-state index in [1.807, 2.05) is 45.0 Å². The van der Waals surface area contributed by atoms with Gasteiger partial charge in [-0.3, -0.25) is 19.2 Å². The van der Waals surface area contributed by atoms with Crippen molar-refractivity contribution in [2.75, 3.05) is 19.7 Å². The normalized spacial score (nSPS) is 24.0. The van der Waals surface area contributed by atoms with E-state index in [4.69, 9.17) is 10.5 Å². The number of alkyl carbamates (subject to hydrolysis) is 1. The first-order chi connectivity index (χ1) is 23.5. The number of nitrogens with two attached hydrogens (primary N) is 1. The van der Waals surface area contributed by atoms with Gasteiger partial charge >= 0.3 is 12.1 Å². The average Bonchev–Trinajstić information content (AvgIpc) is 3.39. The number of benzene rings is 1. The van der Waals surface area contributed by atoms with Crippen molar-refractivity contribution in [1.82, 2.24) is 26.2 Å². The number of amides is 6. The fourth-order valence-electron chi connectivity index (χ4n) is 8.13. The van der Waals surface area contributed by atoms with Gasteiger partial charge in [0.05, 0.1) is 12.1 Å². The summed E-state index contributed by atoms with van der Waals surface area (Å²) < 4.78 is 5.36. The zero-order valence-electron chi connectivity index (χ0n) is 30.2. The second-order valence-corrected chi connectivity index (χ2v) is 16.3. The molecule has 6 amide bonds. The number of primary amides is 1. The SMILES string of the molecule is CCNC(=O)OC[C@@H](NC(=O)N[C@H](C(=O)N1C[C@H]2[C@@H](C1C(=O)NC(CC1CCC1)C(=O)C(N)=O)C2(C)C)C1Cc2ccccc2C1)C(C)(C)C. The molecule has 274 valence electrons. The summed E-state index contributed by atoms with van der Waals surface area (Å²) in [6.07, 6.45) is 3.73. The molecular weight excluding hydrogens is 640 g/mol. The number of carbonyl (C=O) groups excluding carboxylic acids is 6. The maximum atomic E-state index is 14.7. The van der Waals surface area contributed by atoms with E-state index in [9.17, 15) is 28.8 Å². The zero-order valence-corrected chi connectivity index (χ0v) is 30.2. The van der Waals surface area contributed by atoms with Crippen LogP contribution in [-0.2, 0) is 36.8 Å². The van der Waals surface area contributed by atoms with Crippen molar-refractivity contribution in [2.24, 2.45) is 40.2 Å². The summed E-state index contributed by atoms with van der Waals surface area (Å²) in [5.41, 5.74) is 6.89. The van der Waals surface area contributed by atoms with Crippen LogP contribution in [0.5, 0.6) is 0 Å². The summed E-state index contributed by atoms with van der Waals surface area (Å²) >= 11 is 0. The van der Waals surface area contributed by atoms with Crippen molar-refractivity contribution in [3.8, 4) is 0 Å². The van der Waals surface area contributed by atoms with Gasteiger partial charge in [0.15, 0.2) is 0 Å². The third-order valence-electron chi connectivity index (χ3n) is 11.6. The van der Waals surface area contributed by atoms with Crippen molar-refractivity contribution in [3.05, 3.63) is 35.4 Å². The number of ether oxygens (including phenoxy) is 1. The molecule has 2 saturated carbocycles. The second-order valence-electron chi connectivity index (χ2n) is 16.3. The minimum Gasteiger partial charge on any atom is -0.447 e. The third-order valence-corrected chi connectivity index (χ3v) is 11.6. The number of piperidine rings is 1. The largest absolute Gasteiger partial charge is 0.447 e. The van der Waals surface area contributed by atoms with Crippen LogP contribution in [0.15, 0.2) is 24.3 Å². The first-order valence-electron chi connectivity index (χ1n) is 18.0. The summed E-state index contributed by atoms with van der Waals surface area (Å²) in [7, 11) is 0. The number of hydrogen-bond acceptors (Lipinski definition) is 7. The topological polar surface area (TPSA) is 189 Å². The second kappa shape index (κ2) is 14.6. The molecule has 4 aliphatic rings. The molecule has 13 nitrogen and oxygen atoms in total. The van der Waals surface area contributed by atoms with Gasteiger partial charge in [0.25, 0.3) is 5.91 Å². The Morgan fingerprint density at radius 3 is 2.18 bits per heavy atom. The van der Waals surface area contributed by atoms with E-state index in [1.54, 1.807) is 11.8 Å². The van der Waals surface area contributed by atoms with Gasteiger partial charge < -0.3 is 36.6 Å². The van der Waals surface area contributed by atoms with Gasteiger partial charge in [-0.05, 0) is 71.8 Å². The van der Waals surface area contributed by atoms with Gasteiger partial charge in [-0.15, -0.1) is 0 Å². The van der Waals surface area contributed by atoms with Crippen LogP contribution in [-0.4, -0.2) is 84.4 Å². The molecule has 6 atom stereocenters. The van der Waals surface area contributed by atoms with Crippen molar-refractivity contribution >= 4 is 35.6 Å². The number of nitrogens with one attached hydrogen (secondary N) is 4. The predicted molar refractivity (Wildman–Crippen MR) is 185 cm³/mol. The summed E-state index contributed by atoms with van der Waals surface area (Å²) in [6, 6.07) is 3.88. The number of fused-ring (bicyclic) bond motifs is 2. The Morgan fingerprint density at radius 2 is 1.64 bits per heavy atom. The lowest BCUT2D eigenvalue weighted by Crippen LogP contribution is -2.61. The molecular formula is C37H54N6O7. The van der Waals surface area contributed by atoms with Gasteiger partial charge in [0.2, 0.25) is 17.6 Å². The van der Waals surface area contributed by atoms with E-state index < -0.39 is 59.3 Å². The molecule has 1 heterocycles. The summed E-state index contributed by atoms with van der Waals surface area (Å²) in [5, 5.41) is 11.3. The Morgan fingerprint density at radius 1 is 1.00 bits per heavy atom. The Labute approximate surface area is 294 Å². The van der Waals surface area contributed by atoms with E-state index >= 15 is 0 Å². The van der Waals surface area contributed by atoms with Crippen LogP contribution in [0.2, 0.25) is 0 Å². The molecule has 3 aliphatic carbocycles. The number of rotatable bonds is 13. The molecule has 0 aromatic heterocycles. The molecule has 1 aromatic rings. The Bertz CT molecular complexity index is 1480. The van der Waals surface area contributed by atoms with Crippen LogP contribution < -0.4 is 27.0 Å².